The summed E-state index contributed by atoms with van der Waals surface area (Å²) in [6, 6.07) is 19.6. The van der Waals surface area contributed by atoms with E-state index in [1.807, 2.05) is 60.7 Å². The Hall–Kier alpha value is -3.57. The molecule has 0 aliphatic rings. The van der Waals surface area contributed by atoms with Crippen molar-refractivity contribution in [3.8, 4) is 28.4 Å². The third-order valence-electron chi connectivity index (χ3n) is 4.86. The van der Waals surface area contributed by atoms with Crippen LogP contribution in [-0.2, 0) is 0 Å². The normalized spacial score (nSPS) is 11.1. The molecule has 4 rings (SSSR count). The van der Waals surface area contributed by atoms with Gasteiger partial charge in [-0.15, -0.1) is 0 Å². The SMILES string of the molecule is COc1cc(OC)c(-c2ccnn2-c2ccccc2Cl)cc1/C=C/c1cccc(F)c1. The number of hydrogen-bond donors (Lipinski definition) is 0. The molecule has 0 amide bonds. The van der Waals surface area contributed by atoms with Gasteiger partial charge < -0.3 is 9.47 Å². The number of ether oxygens (including phenoxy) is 2. The lowest BCUT2D eigenvalue weighted by atomic mass is 10.0. The van der Waals surface area contributed by atoms with Gasteiger partial charge in [-0.25, -0.2) is 9.07 Å². The predicted molar refractivity (Wildman–Crippen MR) is 122 cm³/mol. The number of halogens is 2. The second kappa shape index (κ2) is 9.06. The zero-order valence-electron chi connectivity index (χ0n) is 17.0. The van der Waals surface area contributed by atoms with Gasteiger partial charge in [0.1, 0.15) is 17.3 Å². The number of rotatable bonds is 6. The molecule has 4 aromatic rings. The van der Waals surface area contributed by atoms with Crippen molar-refractivity contribution in [3.05, 3.63) is 94.9 Å². The molecule has 1 aromatic heterocycles. The summed E-state index contributed by atoms with van der Waals surface area (Å²) in [5.74, 6) is 0.985. The summed E-state index contributed by atoms with van der Waals surface area (Å²) in [4.78, 5) is 0. The minimum absolute atomic E-state index is 0.284. The number of nitrogens with zero attached hydrogens (tertiary/aromatic N) is 2. The van der Waals surface area contributed by atoms with Crippen LogP contribution in [-0.4, -0.2) is 24.0 Å². The van der Waals surface area contributed by atoms with E-state index in [4.69, 9.17) is 21.1 Å². The Labute approximate surface area is 185 Å². The molecule has 0 atom stereocenters. The molecular formula is C25H20ClFN2O2. The monoisotopic (exact) mass is 434 g/mol. The molecule has 0 spiro atoms. The van der Waals surface area contributed by atoms with Crippen LogP contribution in [0, 0.1) is 5.82 Å². The maximum Gasteiger partial charge on any atom is 0.131 e. The van der Waals surface area contributed by atoms with Gasteiger partial charge in [0.05, 0.1) is 36.8 Å². The van der Waals surface area contributed by atoms with Crippen LogP contribution in [0.2, 0.25) is 5.02 Å². The molecule has 0 fully saturated rings. The Bertz CT molecular complexity index is 1250. The summed E-state index contributed by atoms with van der Waals surface area (Å²) in [5.41, 5.74) is 3.96. The molecule has 4 nitrogen and oxygen atoms in total. The molecule has 3 aromatic carbocycles. The third-order valence-corrected chi connectivity index (χ3v) is 5.17. The quantitative estimate of drug-likeness (QED) is 0.324. The Kier molecular flexibility index (Phi) is 6.05. The number of hydrogen-bond acceptors (Lipinski definition) is 3. The summed E-state index contributed by atoms with van der Waals surface area (Å²) in [7, 11) is 3.21. The van der Waals surface area contributed by atoms with E-state index in [0.717, 1.165) is 28.1 Å². The van der Waals surface area contributed by atoms with Gasteiger partial charge in [-0.3, -0.25) is 0 Å². The van der Waals surface area contributed by atoms with Gasteiger partial charge in [-0.2, -0.15) is 5.10 Å². The van der Waals surface area contributed by atoms with Crippen LogP contribution in [0.25, 0.3) is 29.1 Å². The Morgan fingerprint density at radius 2 is 1.71 bits per heavy atom. The van der Waals surface area contributed by atoms with Crippen LogP contribution in [0.3, 0.4) is 0 Å². The van der Waals surface area contributed by atoms with Gasteiger partial charge in [0, 0.05) is 17.2 Å². The first-order chi connectivity index (χ1) is 15.1. The van der Waals surface area contributed by atoms with Gasteiger partial charge in [-0.1, -0.05) is 48.0 Å². The van der Waals surface area contributed by atoms with Crippen LogP contribution < -0.4 is 9.47 Å². The van der Waals surface area contributed by atoms with Crippen molar-refractivity contribution in [2.24, 2.45) is 0 Å². The fourth-order valence-corrected chi connectivity index (χ4v) is 3.59. The summed E-state index contributed by atoms with van der Waals surface area (Å²) < 4.78 is 26.5. The van der Waals surface area contributed by atoms with Gasteiger partial charge in [-0.05, 0) is 42.0 Å². The van der Waals surface area contributed by atoms with Crippen LogP contribution >= 0.6 is 11.6 Å². The van der Waals surface area contributed by atoms with Crippen LogP contribution in [0.15, 0.2) is 72.9 Å². The second-order valence-corrected chi connectivity index (χ2v) is 7.17. The molecule has 6 heteroatoms. The van der Waals surface area contributed by atoms with Crippen molar-refractivity contribution in [2.45, 2.75) is 0 Å². The Morgan fingerprint density at radius 3 is 2.45 bits per heavy atom. The first kappa shape index (κ1) is 20.7. The van der Waals surface area contributed by atoms with E-state index in [1.54, 1.807) is 31.2 Å². The lowest BCUT2D eigenvalue weighted by Gasteiger charge is -2.15. The van der Waals surface area contributed by atoms with E-state index in [1.165, 1.54) is 12.1 Å². The Morgan fingerprint density at radius 1 is 0.903 bits per heavy atom. The maximum absolute atomic E-state index is 13.5. The summed E-state index contributed by atoms with van der Waals surface area (Å²) in [6.45, 7) is 0. The minimum Gasteiger partial charge on any atom is -0.496 e. The largest absolute Gasteiger partial charge is 0.496 e. The molecule has 0 unspecified atom stereocenters. The van der Waals surface area contributed by atoms with Gasteiger partial charge >= 0.3 is 0 Å². The molecule has 156 valence electrons. The van der Waals surface area contributed by atoms with Crippen molar-refractivity contribution >= 4 is 23.8 Å². The van der Waals surface area contributed by atoms with Gasteiger partial charge in [0.2, 0.25) is 0 Å². The minimum atomic E-state index is -0.284. The van der Waals surface area contributed by atoms with E-state index in [0.29, 0.717) is 16.5 Å². The molecule has 0 aliphatic heterocycles. The highest BCUT2D eigenvalue weighted by atomic mass is 35.5. The molecule has 0 saturated heterocycles. The van der Waals surface area contributed by atoms with E-state index < -0.39 is 0 Å². The summed E-state index contributed by atoms with van der Waals surface area (Å²) >= 11 is 6.40. The van der Waals surface area contributed by atoms with Crippen LogP contribution in [0.5, 0.6) is 11.5 Å². The first-order valence-corrected chi connectivity index (χ1v) is 9.97. The smallest absolute Gasteiger partial charge is 0.131 e. The highest BCUT2D eigenvalue weighted by Crippen LogP contribution is 2.38. The fourth-order valence-electron chi connectivity index (χ4n) is 3.37. The van der Waals surface area contributed by atoms with Crippen LogP contribution in [0.1, 0.15) is 11.1 Å². The average molecular weight is 435 g/mol. The van der Waals surface area contributed by atoms with E-state index in [9.17, 15) is 4.39 Å². The van der Waals surface area contributed by atoms with Crippen LogP contribution in [0.4, 0.5) is 4.39 Å². The van der Waals surface area contributed by atoms with Gasteiger partial charge in [0.15, 0.2) is 0 Å². The van der Waals surface area contributed by atoms with Crippen molar-refractivity contribution in [3.63, 3.8) is 0 Å². The molecule has 1 heterocycles. The maximum atomic E-state index is 13.5. The highest BCUT2D eigenvalue weighted by Gasteiger charge is 2.17. The second-order valence-electron chi connectivity index (χ2n) is 6.76. The average Bonchev–Trinajstić information content (AvgIpc) is 3.27. The van der Waals surface area contributed by atoms with Crippen molar-refractivity contribution in [1.82, 2.24) is 9.78 Å². The van der Waals surface area contributed by atoms with E-state index in [-0.39, 0.29) is 5.82 Å². The highest BCUT2D eigenvalue weighted by molar-refractivity contribution is 6.32. The molecule has 31 heavy (non-hydrogen) atoms. The summed E-state index contributed by atoms with van der Waals surface area (Å²) in [5, 5.41) is 5.05. The predicted octanol–water partition coefficient (Wildman–Crippen LogP) is 6.52. The fraction of sp³-hybridized carbons (Fsp3) is 0.0800. The zero-order valence-corrected chi connectivity index (χ0v) is 17.8. The van der Waals surface area contributed by atoms with Crippen molar-refractivity contribution in [1.29, 1.82) is 0 Å². The Balaban J connectivity index is 1.83. The molecule has 0 aliphatic carbocycles. The number of para-hydroxylation sites is 1. The molecule has 0 N–H and O–H groups in total. The molecular weight excluding hydrogens is 415 g/mol. The van der Waals surface area contributed by atoms with E-state index >= 15 is 0 Å². The number of aromatic nitrogens is 2. The van der Waals surface area contributed by atoms with Crippen molar-refractivity contribution < 1.29 is 13.9 Å². The van der Waals surface area contributed by atoms with E-state index in [2.05, 4.69) is 5.10 Å². The van der Waals surface area contributed by atoms with Gasteiger partial charge in [0.25, 0.3) is 0 Å². The zero-order chi connectivity index (χ0) is 21.8. The third kappa shape index (κ3) is 4.32. The topological polar surface area (TPSA) is 36.3 Å². The first-order valence-electron chi connectivity index (χ1n) is 9.59. The molecule has 0 radical (unpaired) electrons. The molecule has 0 bridgehead atoms. The van der Waals surface area contributed by atoms with Crippen molar-refractivity contribution in [2.75, 3.05) is 14.2 Å². The standard InChI is InChI=1S/C25H20ClFN2O2/c1-30-24-16-25(31-2)20(15-18(24)11-10-17-6-5-7-19(27)14-17)22-12-13-28-29(22)23-9-4-3-8-21(23)26/h3-16H,1-2H3/b11-10+. The number of methoxy groups -OCH3 is 2. The lowest BCUT2D eigenvalue weighted by molar-refractivity contribution is 0.394. The molecule has 0 saturated carbocycles. The summed E-state index contributed by atoms with van der Waals surface area (Å²) in [6.07, 6.45) is 5.43. The lowest BCUT2D eigenvalue weighted by Crippen LogP contribution is -2.01. The number of benzene rings is 3.